The maximum absolute atomic E-state index is 12.3. The van der Waals surface area contributed by atoms with Crippen LogP contribution in [0.4, 0.5) is 5.82 Å². The molecule has 2 rings (SSSR count). The fourth-order valence-electron chi connectivity index (χ4n) is 2.02. The van der Waals surface area contributed by atoms with Gasteiger partial charge in [0.15, 0.2) is 5.82 Å². The van der Waals surface area contributed by atoms with Gasteiger partial charge in [-0.05, 0) is 12.8 Å². The number of sulfonamides is 1. The van der Waals surface area contributed by atoms with Gasteiger partial charge in [-0.2, -0.15) is 9.40 Å². The first-order valence-corrected chi connectivity index (χ1v) is 7.22. The number of aryl methyl sites for hydroxylation is 1. The minimum atomic E-state index is -3.59. The summed E-state index contributed by atoms with van der Waals surface area (Å²) in [7, 11) is -0.426. The Morgan fingerprint density at radius 3 is 2.89 bits per heavy atom. The van der Waals surface area contributed by atoms with Crippen LogP contribution in [-0.4, -0.2) is 48.8 Å². The van der Waals surface area contributed by atoms with Crippen LogP contribution in [0.3, 0.4) is 0 Å². The quantitative estimate of drug-likeness (QED) is 0.821. The number of hydrogen-bond acceptors (Lipinski definition) is 5. The number of nitrogen functional groups attached to an aromatic ring is 1. The molecule has 0 spiro atoms. The number of nitrogens with zero attached hydrogens (tertiary/aromatic N) is 3. The molecule has 1 atom stereocenters. The first-order valence-electron chi connectivity index (χ1n) is 5.78. The zero-order chi connectivity index (χ0) is 13.3. The van der Waals surface area contributed by atoms with Crippen LogP contribution in [-0.2, 0) is 21.8 Å². The second-order valence-corrected chi connectivity index (χ2v) is 6.49. The van der Waals surface area contributed by atoms with Crippen LogP contribution in [0.25, 0.3) is 0 Å². The van der Waals surface area contributed by atoms with E-state index in [0.29, 0.717) is 13.2 Å². The molecule has 2 heterocycles. The Labute approximate surface area is 107 Å². The number of ether oxygens (including phenoxy) is 1. The second-order valence-electron chi connectivity index (χ2n) is 4.47. The van der Waals surface area contributed by atoms with Gasteiger partial charge in [0.05, 0.1) is 6.10 Å². The lowest BCUT2D eigenvalue weighted by Crippen LogP contribution is -2.34. The van der Waals surface area contributed by atoms with Crippen LogP contribution in [0.2, 0.25) is 0 Å². The van der Waals surface area contributed by atoms with Gasteiger partial charge in [-0.15, -0.1) is 0 Å². The highest BCUT2D eigenvalue weighted by atomic mass is 32.2. The van der Waals surface area contributed by atoms with E-state index in [9.17, 15) is 8.42 Å². The third kappa shape index (κ3) is 2.50. The Hall–Kier alpha value is -1.12. The minimum Gasteiger partial charge on any atom is -0.381 e. The number of aromatic nitrogens is 2. The molecule has 0 radical (unpaired) electrons. The molecule has 0 aliphatic carbocycles. The van der Waals surface area contributed by atoms with Gasteiger partial charge in [0.1, 0.15) is 4.90 Å². The summed E-state index contributed by atoms with van der Waals surface area (Å²) >= 11 is 0. The Morgan fingerprint density at radius 2 is 2.39 bits per heavy atom. The highest BCUT2D eigenvalue weighted by Crippen LogP contribution is 2.21. The summed E-state index contributed by atoms with van der Waals surface area (Å²) in [5.74, 6) is 0.0247. The van der Waals surface area contributed by atoms with Gasteiger partial charge >= 0.3 is 0 Å². The van der Waals surface area contributed by atoms with E-state index in [1.165, 1.54) is 22.2 Å². The molecule has 8 heteroatoms. The van der Waals surface area contributed by atoms with E-state index in [1.807, 2.05) is 0 Å². The Kier molecular flexibility index (Phi) is 3.60. The van der Waals surface area contributed by atoms with Gasteiger partial charge < -0.3 is 10.5 Å². The van der Waals surface area contributed by atoms with Gasteiger partial charge in [-0.3, -0.25) is 4.68 Å². The van der Waals surface area contributed by atoms with Crippen molar-refractivity contribution in [3.8, 4) is 0 Å². The molecule has 1 aliphatic heterocycles. The molecule has 18 heavy (non-hydrogen) atoms. The number of nitrogens with two attached hydrogens (primary N) is 1. The number of hydrogen-bond donors (Lipinski definition) is 1. The van der Waals surface area contributed by atoms with Crippen molar-refractivity contribution < 1.29 is 13.2 Å². The molecule has 1 aliphatic rings. The van der Waals surface area contributed by atoms with Crippen molar-refractivity contribution in [3.63, 3.8) is 0 Å². The summed E-state index contributed by atoms with van der Waals surface area (Å²) in [6.45, 7) is 1.05. The molecule has 0 saturated carbocycles. The van der Waals surface area contributed by atoms with Crippen LogP contribution in [0.15, 0.2) is 11.1 Å². The lowest BCUT2D eigenvalue weighted by atomic mass is 10.2. The van der Waals surface area contributed by atoms with Gasteiger partial charge in [-0.1, -0.05) is 0 Å². The Bertz CT molecular complexity index is 519. The highest BCUT2D eigenvalue weighted by molar-refractivity contribution is 7.89. The topological polar surface area (TPSA) is 90.5 Å². The zero-order valence-electron chi connectivity index (χ0n) is 10.5. The van der Waals surface area contributed by atoms with E-state index in [4.69, 9.17) is 10.5 Å². The van der Waals surface area contributed by atoms with E-state index in [0.717, 1.165) is 12.8 Å². The van der Waals surface area contributed by atoms with Gasteiger partial charge in [-0.25, -0.2) is 8.42 Å². The first kappa shape index (κ1) is 13.3. The predicted octanol–water partition coefficient (Wildman–Crippen LogP) is -0.198. The fraction of sp³-hybridized carbons (Fsp3) is 0.700. The molecule has 1 fully saturated rings. The molecule has 1 aromatic rings. The third-order valence-electron chi connectivity index (χ3n) is 2.99. The van der Waals surface area contributed by atoms with E-state index < -0.39 is 10.0 Å². The van der Waals surface area contributed by atoms with Crippen molar-refractivity contribution >= 4 is 15.8 Å². The van der Waals surface area contributed by atoms with Crippen LogP contribution >= 0.6 is 0 Å². The lowest BCUT2D eigenvalue weighted by Gasteiger charge is -2.19. The summed E-state index contributed by atoms with van der Waals surface area (Å²) in [4.78, 5) is 0.0468. The van der Waals surface area contributed by atoms with Crippen molar-refractivity contribution in [3.05, 3.63) is 6.20 Å². The SMILES string of the molecule is CN(CC1CCCO1)S(=O)(=O)c1cn(C)nc1N. The summed E-state index contributed by atoms with van der Waals surface area (Å²) in [6, 6.07) is 0. The molecule has 7 nitrogen and oxygen atoms in total. The highest BCUT2D eigenvalue weighted by Gasteiger charge is 2.29. The summed E-state index contributed by atoms with van der Waals surface area (Å²) in [5.41, 5.74) is 5.60. The maximum Gasteiger partial charge on any atom is 0.248 e. The van der Waals surface area contributed by atoms with Crippen LogP contribution in [0.1, 0.15) is 12.8 Å². The fourth-order valence-corrected chi connectivity index (χ4v) is 3.31. The van der Waals surface area contributed by atoms with E-state index in [2.05, 4.69) is 5.10 Å². The molecule has 1 aromatic heterocycles. The lowest BCUT2D eigenvalue weighted by molar-refractivity contribution is 0.0979. The number of likely N-dealkylation sites (N-methyl/N-ethyl adjacent to an activating group) is 1. The minimum absolute atomic E-state index is 0.0247. The molecule has 0 bridgehead atoms. The standard InChI is InChI=1S/C10H18N4O3S/c1-13-7-9(10(11)12-13)18(15,16)14(2)6-8-4-3-5-17-8/h7-8H,3-6H2,1-2H3,(H2,11,12). The Morgan fingerprint density at radius 1 is 1.67 bits per heavy atom. The van der Waals surface area contributed by atoms with E-state index in [-0.39, 0.29) is 16.8 Å². The van der Waals surface area contributed by atoms with Crippen LogP contribution in [0, 0.1) is 0 Å². The van der Waals surface area contributed by atoms with Gasteiger partial charge in [0.2, 0.25) is 10.0 Å². The molecule has 0 aromatic carbocycles. The van der Waals surface area contributed by atoms with Crippen molar-refractivity contribution in [2.24, 2.45) is 7.05 Å². The van der Waals surface area contributed by atoms with E-state index >= 15 is 0 Å². The molecular weight excluding hydrogens is 256 g/mol. The summed E-state index contributed by atoms with van der Waals surface area (Å²) in [5, 5.41) is 3.85. The number of rotatable bonds is 4. The molecule has 1 unspecified atom stereocenters. The van der Waals surface area contributed by atoms with Gasteiger partial charge in [0, 0.05) is 33.4 Å². The third-order valence-corrected chi connectivity index (χ3v) is 4.84. The van der Waals surface area contributed by atoms with E-state index in [1.54, 1.807) is 7.05 Å². The smallest absolute Gasteiger partial charge is 0.248 e. The monoisotopic (exact) mass is 274 g/mol. The molecule has 1 saturated heterocycles. The number of anilines is 1. The second kappa shape index (κ2) is 4.87. The van der Waals surface area contributed by atoms with Crippen molar-refractivity contribution in [2.75, 3.05) is 25.9 Å². The van der Waals surface area contributed by atoms with Crippen LogP contribution < -0.4 is 5.73 Å². The first-order chi connectivity index (χ1) is 8.41. The molecule has 0 amide bonds. The van der Waals surface area contributed by atoms with Crippen molar-refractivity contribution in [2.45, 2.75) is 23.8 Å². The Balaban J connectivity index is 2.17. The summed E-state index contributed by atoms with van der Waals surface area (Å²) < 4.78 is 32.7. The van der Waals surface area contributed by atoms with Gasteiger partial charge in [0.25, 0.3) is 0 Å². The average molecular weight is 274 g/mol. The molecule has 102 valence electrons. The largest absolute Gasteiger partial charge is 0.381 e. The molecule has 2 N–H and O–H groups in total. The predicted molar refractivity (Wildman–Crippen MR) is 66.4 cm³/mol. The van der Waals surface area contributed by atoms with Crippen LogP contribution in [0.5, 0.6) is 0 Å². The normalized spacial score (nSPS) is 20.7. The summed E-state index contributed by atoms with van der Waals surface area (Å²) in [6.07, 6.45) is 3.26. The zero-order valence-corrected chi connectivity index (χ0v) is 11.4. The average Bonchev–Trinajstić information content (AvgIpc) is 2.88. The molecular formula is C10H18N4O3S. The van der Waals surface area contributed by atoms with Crippen molar-refractivity contribution in [1.82, 2.24) is 14.1 Å². The maximum atomic E-state index is 12.3. The van der Waals surface area contributed by atoms with Crippen molar-refractivity contribution in [1.29, 1.82) is 0 Å².